The first kappa shape index (κ1) is 80.2. The number of aliphatic hydroxyl groups is 1. The molecule has 4 amide bonds. The van der Waals surface area contributed by atoms with Crippen molar-refractivity contribution >= 4 is 70.7 Å². The number of benzene rings is 2. The zero-order valence-electron chi connectivity index (χ0n) is 63.6. The largest absolute Gasteiger partial charge is 0.396 e. The maximum Gasteiger partial charge on any atom is 0.259 e. The van der Waals surface area contributed by atoms with Crippen molar-refractivity contribution in [2.24, 2.45) is 0 Å². The number of nitrogens with one attached hydrogen (secondary N) is 7. The number of aryl methyl sites for hydroxylation is 4. The molecule has 1 saturated heterocycles. The fourth-order valence-electron chi connectivity index (χ4n) is 10.8. The number of carbonyl (C=O) groups excluding carboxylic acids is 4. The highest BCUT2D eigenvalue weighted by atomic mass is 16.5. The quantitative estimate of drug-likeness (QED) is 0.0276. The van der Waals surface area contributed by atoms with E-state index in [2.05, 4.69) is 161 Å². The molecule has 2 aromatic carbocycles. The first-order valence-corrected chi connectivity index (χ1v) is 36.5. The van der Waals surface area contributed by atoms with Crippen molar-refractivity contribution in [3.8, 4) is 46.1 Å². The number of hydrogen-bond acceptors (Lipinski definition) is 30. The standard InChI is InChI=1S/C23H21N7O.C22H19N7O.C19H19N7O2.C18H19N7O2/c1-15(17-8-4-3-5-9-17)26-20-12-11-18(14-25-20)22(31)30-23-28-16(2)27-21(29-23)19-10-6-7-13-24-19;1-15-26-20(18-9-5-6-12-23-18)28-22(27-15)29-21(30)17-10-11-19(25-14-17)24-13-16-7-3-2-4-8-16;1-13-22-17(15-4-2-3-7-20-15)24-19(23-13)25-18(27)14-5-6-16(21-12-14)26-8-10-28-11-9-26;1-12-22-16(14-5-2-3-8-19-14)24-18(23-12)25-17(27)13-6-7-15(21-11-13)20-9-4-10-26/h3-15H,1-2H3,(H,25,26)(H,27,28,29,30,31);2-12,14H,13H2,1H3,(H,24,25)(H,26,27,28,29,30);2-7,12H,8-11H2,1H3,(H,22,23,24,25,27);2-3,5-8,11,26H,4,9-10H2,1H3,(H,20,21)(H,22,23,24,25,27). The van der Waals surface area contributed by atoms with Gasteiger partial charge in [0.1, 0.15) is 69.3 Å². The van der Waals surface area contributed by atoms with E-state index in [0.717, 1.165) is 30.0 Å². The van der Waals surface area contributed by atoms with E-state index < -0.39 is 0 Å². The third kappa shape index (κ3) is 23.9. The number of aromatic nitrogens is 20. The Morgan fingerprint density at radius 3 is 1.09 bits per heavy atom. The lowest BCUT2D eigenvalue weighted by atomic mass is 10.1. The predicted octanol–water partition coefficient (Wildman–Crippen LogP) is 11.0. The van der Waals surface area contributed by atoms with E-state index >= 15 is 0 Å². The first-order chi connectivity index (χ1) is 56.6. The number of hydrogen-bond donors (Lipinski definition) is 8. The van der Waals surface area contributed by atoms with Crippen molar-refractivity contribution in [3.05, 3.63) is 288 Å². The highest BCUT2D eigenvalue weighted by Crippen LogP contribution is 2.23. The maximum atomic E-state index is 12.6. The topological polar surface area (TPSA) is 443 Å². The highest BCUT2D eigenvalue weighted by molar-refractivity contribution is 6.05. The number of anilines is 8. The van der Waals surface area contributed by atoms with Gasteiger partial charge in [0.05, 0.1) is 35.5 Å². The minimum absolute atomic E-state index is 0.0894. The van der Waals surface area contributed by atoms with Crippen molar-refractivity contribution in [1.29, 1.82) is 0 Å². The molecule has 34 nitrogen and oxygen atoms in total. The van der Waals surface area contributed by atoms with Crippen LogP contribution in [0.1, 0.15) is 95.2 Å². The lowest BCUT2D eigenvalue weighted by Crippen LogP contribution is -2.36. The summed E-state index contributed by atoms with van der Waals surface area (Å²) in [6, 6.07) is 55.8. The number of rotatable bonds is 23. The Morgan fingerprint density at radius 1 is 0.388 bits per heavy atom. The fraction of sp³-hybridized carbons (Fsp3) is 0.171. The van der Waals surface area contributed by atoms with Gasteiger partial charge in [-0.1, -0.05) is 84.9 Å². The normalized spacial score (nSPS) is 11.6. The van der Waals surface area contributed by atoms with Gasteiger partial charge in [-0.15, -0.1) is 0 Å². The number of morpholine rings is 1. The van der Waals surface area contributed by atoms with Gasteiger partial charge in [0.15, 0.2) is 23.3 Å². The summed E-state index contributed by atoms with van der Waals surface area (Å²) < 4.78 is 5.34. The van der Waals surface area contributed by atoms with E-state index in [-0.39, 0.29) is 60.1 Å². The molecule has 1 atom stereocenters. The monoisotopic (exact) mass is 1550 g/mol. The zero-order chi connectivity index (χ0) is 80.8. The lowest BCUT2D eigenvalue weighted by Gasteiger charge is -2.27. The van der Waals surface area contributed by atoms with E-state index in [0.29, 0.717) is 142 Å². The molecule has 582 valence electrons. The van der Waals surface area contributed by atoms with Crippen LogP contribution in [0.2, 0.25) is 0 Å². The van der Waals surface area contributed by atoms with Crippen LogP contribution in [0.25, 0.3) is 46.1 Å². The molecule has 0 saturated carbocycles. The minimum atomic E-state index is -0.373. The van der Waals surface area contributed by atoms with Crippen LogP contribution in [0.15, 0.2) is 232 Å². The average molecular weight is 1550 g/mol. The number of carbonyl (C=O) groups is 4. The molecular weight excluding hydrogens is 1470 g/mol. The molecule has 1 aliphatic heterocycles. The van der Waals surface area contributed by atoms with Gasteiger partial charge in [0, 0.05) is 88.4 Å². The second-order valence-electron chi connectivity index (χ2n) is 25.2. The molecule has 8 N–H and O–H groups in total. The summed E-state index contributed by atoms with van der Waals surface area (Å²) in [6.07, 6.45) is 13.3. The van der Waals surface area contributed by atoms with E-state index in [9.17, 15) is 19.2 Å². The summed E-state index contributed by atoms with van der Waals surface area (Å²) in [5.74, 6) is 5.60. The summed E-state index contributed by atoms with van der Waals surface area (Å²) >= 11 is 0. The van der Waals surface area contributed by atoms with Crippen molar-refractivity contribution in [3.63, 3.8) is 0 Å². The van der Waals surface area contributed by atoms with Gasteiger partial charge in [0.25, 0.3) is 23.6 Å². The predicted molar refractivity (Wildman–Crippen MR) is 435 cm³/mol. The van der Waals surface area contributed by atoms with E-state index in [1.54, 1.807) is 131 Å². The summed E-state index contributed by atoms with van der Waals surface area (Å²) in [7, 11) is 0. The highest BCUT2D eigenvalue weighted by Gasteiger charge is 2.20. The van der Waals surface area contributed by atoms with E-state index in [1.807, 2.05) is 97.1 Å². The number of amides is 4. The second-order valence-corrected chi connectivity index (χ2v) is 25.2. The van der Waals surface area contributed by atoms with Gasteiger partial charge in [-0.3, -0.25) is 60.4 Å². The van der Waals surface area contributed by atoms with Crippen molar-refractivity contribution in [1.82, 2.24) is 99.7 Å². The van der Waals surface area contributed by atoms with E-state index in [1.165, 1.54) is 18.6 Å². The Hall–Kier alpha value is -15.3. The summed E-state index contributed by atoms with van der Waals surface area (Å²) in [4.78, 5) is 138. The van der Waals surface area contributed by atoms with Gasteiger partial charge in [-0.2, -0.15) is 39.9 Å². The third-order valence-electron chi connectivity index (χ3n) is 16.5. The molecule has 116 heavy (non-hydrogen) atoms. The number of nitrogens with zero attached hydrogens (tertiary/aromatic N) is 21. The molecule has 0 bridgehead atoms. The Bertz CT molecular complexity index is 5530. The minimum Gasteiger partial charge on any atom is -0.396 e. The fourth-order valence-corrected chi connectivity index (χ4v) is 10.8. The molecule has 34 heteroatoms. The summed E-state index contributed by atoms with van der Waals surface area (Å²) in [6.45, 7) is 13.3. The molecule has 0 spiro atoms. The molecular formula is C82H78N28O6. The van der Waals surface area contributed by atoms with Crippen LogP contribution >= 0.6 is 0 Å². The van der Waals surface area contributed by atoms with Gasteiger partial charge >= 0.3 is 0 Å². The van der Waals surface area contributed by atoms with Crippen molar-refractivity contribution in [2.45, 2.75) is 53.6 Å². The Kier molecular flexibility index (Phi) is 28.1. The molecule has 12 aromatic heterocycles. The zero-order valence-corrected chi connectivity index (χ0v) is 63.6. The number of ether oxygens (including phenoxy) is 1. The molecule has 1 unspecified atom stereocenters. The molecule has 15 rings (SSSR count). The Morgan fingerprint density at radius 2 is 0.741 bits per heavy atom. The van der Waals surface area contributed by atoms with Crippen molar-refractivity contribution < 1.29 is 29.0 Å². The van der Waals surface area contributed by atoms with Gasteiger partial charge in [-0.05, 0) is 149 Å². The van der Waals surface area contributed by atoms with Gasteiger partial charge in [0.2, 0.25) is 23.8 Å². The summed E-state index contributed by atoms with van der Waals surface area (Å²) in [5, 5.41) is 29.2. The van der Waals surface area contributed by atoms with Crippen LogP contribution < -0.4 is 42.1 Å². The number of pyridine rings is 8. The molecule has 1 aliphatic rings. The number of aliphatic hydroxyl groups excluding tert-OH is 1. The smallest absolute Gasteiger partial charge is 0.259 e. The molecule has 0 radical (unpaired) electrons. The van der Waals surface area contributed by atoms with Crippen LogP contribution in [-0.4, -0.2) is 168 Å². The van der Waals surface area contributed by atoms with Crippen LogP contribution in [0.3, 0.4) is 0 Å². The lowest BCUT2D eigenvalue weighted by molar-refractivity contribution is 0.101. The Balaban J connectivity index is 0.000000143. The maximum absolute atomic E-state index is 12.6. The van der Waals surface area contributed by atoms with Gasteiger partial charge in [-0.25, -0.2) is 39.9 Å². The molecule has 0 aliphatic carbocycles. The van der Waals surface area contributed by atoms with E-state index in [4.69, 9.17) is 9.84 Å². The molecule has 1 fully saturated rings. The van der Waals surface area contributed by atoms with Crippen LogP contribution in [0.4, 0.5) is 47.1 Å². The van der Waals surface area contributed by atoms with Crippen LogP contribution in [-0.2, 0) is 11.3 Å². The molecule has 14 aromatic rings. The Labute approximate surface area is 665 Å². The second kappa shape index (κ2) is 40.6. The van der Waals surface area contributed by atoms with Crippen molar-refractivity contribution in [2.75, 3.05) is 81.6 Å². The van der Waals surface area contributed by atoms with Crippen LogP contribution in [0, 0.1) is 27.7 Å². The average Bonchev–Trinajstić information content (AvgIpc) is 0.851. The van der Waals surface area contributed by atoms with Gasteiger partial charge < -0.3 is 30.7 Å². The SMILES string of the molecule is Cc1nc(NC(=O)c2ccc(N3CCOCC3)nc2)nc(-c2ccccn2)n1.Cc1nc(NC(=O)c2ccc(NC(C)c3ccccc3)nc2)nc(-c2ccccn2)n1.Cc1nc(NC(=O)c2ccc(NCCCO)nc2)nc(-c2ccccn2)n1.Cc1nc(NC(=O)c2ccc(NCc3ccccc3)nc2)nc(-c2ccccn2)n1. The van der Waals surface area contributed by atoms with Crippen LogP contribution in [0.5, 0.6) is 0 Å². The third-order valence-corrected chi connectivity index (χ3v) is 16.5. The summed E-state index contributed by atoms with van der Waals surface area (Å²) in [5.41, 5.74) is 6.32. The first-order valence-electron chi connectivity index (χ1n) is 36.5. The molecule has 13 heterocycles.